The highest BCUT2D eigenvalue weighted by Gasteiger charge is 2.23. The summed E-state index contributed by atoms with van der Waals surface area (Å²) in [5, 5.41) is 6.68. The van der Waals surface area contributed by atoms with Crippen LogP contribution in [0, 0.1) is 0 Å². The van der Waals surface area contributed by atoms with Gasteiger partial charge in [-0.2, -0.15) is 4.98 Å². The second-order valence-corrected chi connectivity index (χ2v) is 5.15. The first-order chi connectivity index (χ1) is 8.45. The van der Waals surface area contributed by atoms with Crippen LogP contribution in [0.1, 0.15) is 32.0 Å². The molecule has 1 aliphatic heterocycles. The van der Waals surface area contributed by atoms with Gasteiger partial charge in [-0.25, -0.2) is 0 Å². The van der Waals surface area contributed by atoms with E-state index in [2.05, 4.69) is 15.5 Å². The number of nitrogens with one attached hydrogen (secondary N) is 1. The molecule has 7 nitrogen and oxygen atoms in total. The van der Waals surface area contributed by atoms with E-state index in [1.807, 2.05) is 18.7 Å². The molecule has 1 saturated heterocycles. The molecule has 1 aromatic heterocycles. The minimum absolute atomic E-state index is 0.0337. The summed E-state index contributed by atoms with van der Waals surface area (Å²) in [7, 11) is 0. The number of amides is 1. The summed E-state index contributed by atoms with van der Waals surface area (Å²) < 4.78 is 5.16. The van der Waals surface area contributed by atoms with Crippen molar-refractivity contribution < 1.29 is 9.32 Å². The molecule has 3 N–H and O–H groups in total. The van der Waals surface area contributed by atoms with Crippen molar-refractivity contribution in [2.24, 2.45) is 5.73 Å². The van der Waals surface area contributed by atoms with Crippen molar-refractivity contribution in [2.75, 3.05) is 19.6 Å². The lowest BCUT2D eigenvalue weighted by Crippen LogP contribution is -2.33. The van der Waals surface area contributed by atoms with Crippen molar-refractivity contribution >= 4 is 5.91 Å². The van der Waals surface area contributed by atoms with E-state index in [1.165, 1.54) is 0 Å². The van der Waals surface area contributed by atoms with Crippen LogP contribution in [0.15, 0.2) is 4.52 Å². The minimum atomic E-state index is -0.613. The molecule has 1 aromatic rings. The fourth-order valence-corrected chi connectivity index (χ4v) is 1.78. The predicted octanol–water partition coefficient (Wildman–Crippen LogP) is -0.415. The molecular formula is C11H19N5O2. The van der Waals surface area contributed by atoms with Crippen LogP contribution in [0.3, 0.4) is 0 Å². The summed E-state index contributed by atoms with van der Waals surface area (Å²) in [4.78, 5) is 17.7. The molecule has 2 heterocycles. The van der Waals surface area contributed by atoms with E-state index in [1.54, 1.807) is 0 Å². The van der Waals surface area contributed by atoms with E-state index in [-0.39, 0.29) is 5.91 Å². The van der Waals surface area contributed by atoms with Gasteiger partial charge in [0.05, 0.1) is 18.6 Å². The average Bonchev–Trinajstić information content (AvgIpc) is 2.63. The summed E-state index contributed by atoms with van der Waals surface area (Å²) >= 11 is 0. The normalized spacial score (nSPS) is 18.5. The lowest BCUT2D eigenvalue weighted by molar-refractivity contribution is -0.121. The molecule has 0 aliphatic carbocycles. The monoisotopic (exact) mass is 253 g/mol. The van der Waals surface area contributed by atoms with Gasteiger partial charge >= 0.3 is 0 Å². The lowest BCUT2D eigenvalue weighted by atomic mass is 10.1. The Hall–Kier alpha value is -1.47. The van der Waals surface area contributed by atoms with Crippen LogP contribution in [0.4, 0.5) is 0 Å². The molecule has 0 unspecified atom stereocenters. The van der Waals surface area contributed by atoms with Crippen LogP contribution in [-0.2, 0) is 16.9 Å². The van der Waals surface area contributed by atoms with Crippen molar-refractivity contribution in [2.45, 2.75) is 32.4 Å². The quantitative estimate of drug-likeness (QED) is 0.759. The molecule has 100 valence electrons. The van der Waals surface area contributed by atoms with Gasteiger partial charge in [0, 0.05) is 13.1 Å². The molecule has 0 aromatic carbocycles. The smallest absolute Gasteiger partial charge is 0.240 e. The van der Waals surface area contributed by atoms with Crippen LogP contribution in [0.2, 0.25) is 0 Å². The van der Waals surface area contributed by atoms with Crippen molar-refractivity contribution in [1.29, 1.82) is 0 Å². The molecule has 2 rings (SSSR count). The number of hydrogen-bond donors (Lipinski definition) is 2. The van der Waals surface area contributed by atoms with Crippen molar-refractivity contribution in [3.05, 3.63) is 11.7 Å². The highest BCUT2D eigenvalue weighted by molar-refractivity contribution is 5.78. The minimum Gasteiger partial charge on any atom is -0.355 e. The molecule has 0 atom stereocenters. The first kappa shape index (κ1) is 13.0. The van der Waals surface area contributed by atoms with Gasteiger partial charge in [-0.1, -0.05) is 5.16 Å². The number of carbonyl (C=O) groups is 1. The molecule has 18 heavy (non-hydrogen) atoms. The van der Waals surface area contributed by atoms with Gasteiger partial charge in [0.1, 0.15) is 0 Å². The van der Waals surface area contributed by atoms with Crippen LogP contribution in [0.25, 0.3) is 0 Å². The molecule has 1 fully saturated rings. The van der Waals surface area contributed by atoms with Gasteiger partial charge in [-0.15, -0.1) is 0 Å². The van der Waals surface area contributed by atoms with Crippen LogP contribution in [-0.4, -0.2) is 40.6 Å². The number of hydrogen-bond acceptors (Lipinski definition) is 6. The zero-order chi connectivity index (χ0) is 13.2. The van der Waals surface area contributed by atoms with Crippen molar-refractivity contribution in [3.8, 4) is 0 Å². The third kappa shape index (κ3) is 3.27. The van der Waals surface area contributed by atoms with Crippen LogP contribution < -0.4 is 11.1 Å². The standard InChI is InChI=1S/C11H19N5O2/c1-11(2,12)10-14-9(18-15-10)7-16-5-3-4-13-8(17)6-16/h3-7,12H2,1-2H3,(H,13,17). The van der Waals surface area contributed by atoms with Gasteiger partial charge in [0.2, 0.25) is 11.8 Å². The number of rotatable bonds is 3. The number of carbonyl (C=O) groups excluding carboxylic acids is 1. The summed E-state index contributed by atoms with van der Waals surface area (Å²) in [6.45, 7) is 6.05. The molecule has 0 spiro atoms. The number of aromatic nitrogens is 2. The summed E-state index contributed by atoms with van der Waals surface area (Å²) in [6, 6.07) is 0. The first-order valence-corrected chi connectivity index (χ1v) is 6.06. The van der Waals surface area contributed by atoms with Gasteiger partial charge < -0.3 is 15.6 Å². The second kappa shape index (κ2) is 5.03. The molecule has 0 bridgehead atoms. The Kier molecular flexibility index (Phi) is 3.63. The average molecular weight is 253 g/mol. The third-order valence-corrected chi connectivity index (χ3v) is 2.74. The second-order valence-electron chi connectivity index (χ2n) is 5.15. The van der Waals surface area contributed by atoms with E-state index in [9.17, 15) is 4.79 Å². The predicted molar refractivity (Wildman–Crippen MR) is 64.4 cm³/mol. The molecule has 0 radical (unpaired) electrons. The van der Waals surface area contributed by atoms with Crippen molar-refractivity contribution in [1.82, 2.24) is 20.4 Å². The maximum absolute atomic E-state index is 11.4. The highest BCUT2D eigenvalue weighted by atomic mass is 16.5. The molecule has 7 heteroatoms. The lowest BCUT2D eigenvalue weighted by Gasteiger charge is -2.15. The van der Waals surface area contributed by atoms with E-state index in [4.69, 9.17) is 10.3 Å². The Morgan fingerprint density at radius 1 is 1.56 bits per heavy atom. The topological polar surface area (TPSA) is 97.3 Å². The highest BCUT2D eigenvalue weighted by Crippen LogP contribution is 2.13. The fraction of sp³-hybridized carbons (Fsp3) is 0.727. The van der Waals surface area contributed by atoms with E-state index in [0.717, 1.165) is 19.5 Å². The van der Waals surface area contributed by atoms with Gasteiger partial charge in [0.25, 0.3) is 0 Å². The van der Waals surface area contributed by atoms with Gasteiger partial charge in [-0.3, -0.25) is 9.69 Å². The number of nitrogens with two attached hydrogens (primary N) is 1. The zero-order valence-corrected chi connectivity index (χ0v) is 10.8. The largest absolute Gasteiger partial charge is 0.355 e. The Morgan fingerprint density at radius 3 is 3.00 bits per heavy atom. The number of nitrogens with zero attached hydrogens (tertiary/aromatic N) is 3. The maximum Gasteiger partial charge on any atom is 0.240 e. The Labute approximate surface area is 106 Å². The van der Waals surface area contributed by atoms with E-state index >= 15 is 0 Å². The third-order valence-electron chi connectivity index (χ3n) is 2.74. The van der Waals surface area contributed by atoms with Gasteiger partial charge in [-0.05, 0) is 20.3 Å². The maximum atomic E-state index is 11.4. The SMILES string of the molecule is CC(C)(N)c1noc(CN2CCCNC(=O)C2)n1. The fourth-order valence-electron chi connectivity index (χ4n) is 1.78. The van der Waals surface area contributed by atoms with Gasteiger partial charge in [0.15, 0.2) is 5.82 Å². The van der Waals surface area contributed by atoms with Crippen molar-refractivity contribution in [3.63, 3.8) is 0 Å². The molecule has 0 saturated carbocycles. The molecular weight excluding hydrogens is 234 g/mol. The molecule has 1 aliphatic rings. The summed E-state index contributed by atoms with van der Waals surface area (Å²) in [5.41, 5.74) is 5.27. The molecule has 1 amide bonds. The van der Waals surface area contributed by atoms with Crippen LogP contribution in [0.5, 0.6) is 0 Å². The van der Waals surface area contributed by atoms with E-state index in [0.29, 0.717) is 24.8 Å². The Morgan fingerprint density at radius 2 is 2.33 bits per heavy atom. The Balaban J connectivity index is 2.00. The van der Waals surface area contributed by atoms with Crippen LogP contribution >= 0.6 is 0 Å². The zero-order valence-electron chi connectivity index (χ0n) is 10.8. The van der Waals surface area contributed by atoms with E-state index < -0.39 is 5.54 Å². The first-order valence-electron chi connectivity index (χ1n) is 6.06. The summed E-state index contributed by atoms with van der Waals surface area (Å²) in [6.07, 6.45) is 0.926. The summed E-state index contributed by atoms with van der Waals surface area (Å²) in [5.74, 6) is 1.02. The Bertz CT molecular complexity index is 423.